The zero-order chi connectivity index (χ0) is 13.8. The van der Waals surface area contributed by atoms with Gasteiger partial charge in [-0.05, 0) is 38.1 Å². The van der Waals surface area contributed by atoms with Crippen LogP contribution in [0.1, 0.15) is 12.0 Å². The molecule has 1 aliphatic heterocycles. The average molecular weight is 326 g/mol. The standard InChI is InChI=1S/C14H20BrN3O/c1-10-4-5-11(8-12(10)15)18-7-3-6-17-14(19)13(18)9-16-2/h4-5,8,13,16H,3,6-7,9H2,1-2H3,(H,17,19). The molecule has 0 bridgehead atoms. The fourth-order valence-corrected chi connectivity index (χ4v) is 2.71. The van der Waals surface area contributed by atoms with E-state index in [1.807, 2.05) is 7.05 Å². The fourth-order valence-electron chi connectivity index (χ4n) is 2.34. The third-order valence-electron chi connectivity index (χ3n) is 3.44. The summed E-state index contributed by atoms with van der Waals surface area (Å²) in [4.78, 5) is 14.3. The number of benzene rings is 1. The third kappa shape index (κ3) is 3.28. The predicted octanol–water partition coefficient (Wildman–Crippen LogP) is 1.67. The van der Waals surface area contributed by atoms with Crippen LogP contribution >= 0.6 is 15.9 Å². The summed E-state index contributed by atoms with van der Waals surface area (Å²) in [5, 5.41) is 6.08. The van der Waals surface area contributed by atoms with E-state index >= 15 is 0 Å². The molecule has 0 saturated carbocycles. The van der Waals surface area contributed by atoms with Gasteiger partial charge in [0.25, 0.3) is 0 Å². The normalized spacial score (nSPS) is 20.1. The van der Waals surface area contributed by atoms with Crippen LogP contribution in [-0.4, -0.2) is 38.6 Å². The number of rotatable bonds is 3. The summed E-state index contributed by atoms with van der Waals surface area (Å²) in [5.41, 5.74) is 2.29. The van der Waals surface area contributed by atoms with Gasteiger partial charge in [-0.3, -0.25) is 4.79 Å². The van der Waals surface area contributed by atoms with Crippen molar-refractivity contribution in [3.63, 3.8) is 0 Å². The highest BCUT2D eigenvalue weighted by atomic mass is 79.9. The molecule has 0 aliphatic carbocycles. The Morgan fingerprint density at radius 2 is 2.32 bits per heavy atom. The number of carbonyl (C=O) groups is 1. The van der Waals surface area contributed by atoms with Gasteiger partial charge >= 0.3 is 0 Å². The van der Waals surface area contributed by atoms with Crippen LogP contribution in [0.25, 0.3) is 0 Å². The number of halogens is 1. The second-order valence-corrected chi connectivity index (χ2v) is 5.70. The highest BCUT2D eigenvalue weighted by Gasteiger charge is 2.27. The molecule has 1 aromatic rings. The van der Waals surface area contributed by atoms with Gasteiger partial charge in [-0.15, -0.1) is 0 Å². The van der Waals surface area contributed by atoms with Gasteiger partial charge < -0.3 is 15.5 Å². The lowest BCUT2D eigenvalue weighted by atomic mass is 10.1. The molecule has 1 heterocycles. The number of anilines is 1. The summed E-state index contributed by atoms with van der Waals surface area (Å²) in [6, 6.07) is 6.11. The Bertz CT molecular complexity index is 464. The summed E-state index contributed by atoms with van der Waals surface area (Å²) >= 11 is 3.56. The van der Waals surface area contributed by atoms with E-state index < -0.39 is 0 Å². The van der Waals surface area contributed by atoms with Gasteiger partial charge in [0, 0.05) is 29.8 Å². The Labute approximate surface area is 122 Å². The molecule has 104 valence electrons. The summed E-state index contributed by atoms with van der Waals surface area (Å²) in [7, 11) is 1.88. The number of carbonyl (C=O) groups excluding carboxylic acids is 1. The maximum Gasteiger partial charge on any atom is 0.244 e. The second kappa shape index (κ2) is 6.39. The molecule has 1 aromatic carbocycles. The van der Waals surface area contributed by atoms with E-state index in [1.54, 1.807) is 0 Å². The molecule has 1 unspecified atom stereocenters. The average Bonchev–Trinajstić information content (AvgIpc) is 2.57. The van der Waals surface area contributed by atoms with E-state index in [2.05, 4.69) is 56.6 Å². The highest BCUT2D eigenvalue weighted by Crippen LogP contribution is 2.25. The minimum Gasteiger partial charge on any atom is -0.358 e. The number of nitrogens with one attached hydrogen (secondary N) is 2. The Morgan fingerprint density at radius 3 is 3.00 bits per heavy atom. The molecule has 19 heavy (non-hydrogen) atoms. The lowest BCUT2D eigenvalue weighted by Crippen LogP contribution is -2.49. The molecule has 0 aromatic heterocycles. The van der Waals surface area contributed by atoms with Gasteiger partial charge in [-0.2, -0.15) is 0 Å². The maximum absolute atomic E-state index is 12.1. The number of amides is 1. The quantitative estimate of drug-likeness (QED) is 0.888. The number of hydrogen-bond donors (Lipinski definition) is 2. The van der Waals surface area contributed by atoms with E-state index in [0.717, 1.165) is 29.7 Å². The van der Waals surface area contributed by atoms with Gasteiger partial charge in [-0.25, -0.2) is 0 Å². The zero-order valence-corrected chi connectivity index (χ0v) is 13.0. The first kappa shape index (κ1) is 14.3. The van der Waals surface area contributed by atoms with Gasteiger partial charge in [0.1, 0.15) is 6.04 Å². The minimum absolute atomic E-state index is 0.101. The lowest BCUT2D eigenvalue weighted by molar-refractivity contribution is -0.121. The van der Waals surface area contributed by atoms with Crippen LogP contribution in [0, 0.1) is 6.92 Å². The van der Waals surface area contributed by atoms with E-state index in [0.29, 0.717) is 6.54 Å². The Hall–Kier alpha value is -1.07. The van der Waals surface area contributed by atoms with E-state index in [-0.39, 0.29) is 11.9 Å². The number of nitrogens with zero attached hydrogens (tertiary/aromatic N) is 1. The molecule has 1 atom stereocenters. The van der Waals surface area contributed by atoms with Crippen LogP contribution < -0.4 is 15.5 Å². The third-order valence-corrected chi connectivity index (χ3v) is 4.29. The molecule has 0 radical (unpaired) electrons. The number of hydrogen-bond acceptors (Lipinski definition) is 3. The molecule has 1 amide bonds. The van der Waals surface area contributed by atoms with Crippen molar-refractivity contribution in [2.45, 2.75) is 19.4 Å². The van der Waals surface area contributed by atoms with Crippen molar-refractivity contribution in [2.75, 3.05) is 31.6 Å². The van der Waals surface area contributed by atoms with E-state index in [9.17, 15) is 4.79 Å². The van der Waals surface area contributed by atoms with Crippen LogP contribution in [0.2, 0.25) is 0 Å². The van der Waals surface area contributed by atoms with Crippen LogP contribution in [-0.2, 0) is 4.79 Å². The largest absolute Gasteiger partial charge is 0.358 e. The first-order chi connectivity index (χ1) is 9.13. The fraction of sp³-hybridized carbons (Fsp3) is 0.500. The van der Waals surface area contributed by atoms with Crippen molar-refractivity contribution in [1.29, 1.82) is 0 Å². The summed E-state index contributed by atoms with van der Waals surface area (Å²) in [6.07, 6.45) is 0.970. The van der Waals surface area contributed by atoms with Crippen LogP contribution in [0.5, 0.6) is 0 Å². The van der Waals surface area contributed by atoms with Crippen molar-refractivity contribution >= 4 is 27.5 Å². The van der Waals surface area contributed by atoms with Crippen molar-refractivity contribution in [3.05, 3.63) is 28.2 Å². The van der Waals surface area contributed by atoms with Crippen LogP contribution in [0.3, 0.4) is 0 Å². The molecule has 5 heteroatoms. The molecule has 1 aliphatic rings. The van der Waals surface area contributed by atoms with Crippen molar-refractivity contribution in [1.82, 2.24) is 10.6 Å². The van der Waals surface area contributed by atoms with Crippen LogP contribution in [0.4, 0.5) is 5.69 Å². The smallest absolute Gasteiger partial charge is 0.244 e. The summed E-state index contributed by atoms with van der Waals surface area (Å²) in [5.74, 6) is 0.101. The maximum atomic E-state index is 12.1. The van der Waals surface area contributed by atoms with Crippen molar-refractivity contribution in [2.24, 2.45) is 0 Å². The van der Waals surface area contributed by atoms with E-state index in [4.69, 9.17) is 0 Å². The minimum atomic E-state index is -0.151. The molecule has 1 fully saturated rings. The Kier molecular flexibility index (Phi) is 4.82. The van der Waals surface area contributed by atoms with Gasteiger partial charge in [-0.1, -0.05) is 22.0 Å². The van der Waals surface area contributed by atoms with Gasteiger partial charge in [0.2, 0.25) is 5.91 Å². The zero-order valence-electron chi connectivity index (χ0n) is 11.4. The molecular formula is C14H20BrN3O. The lowest BCUT2D eigenvalue weighted by Gasteiger charge is -2.30. The number of aryl methyl sites for hydroxylation is 1. The summed E-state index contributed by atoms with van der Waals surface area (Å²) in [6.45, 7) is 4.36. The molecule has 0 spiro atoms. The van der Waals surface area contributed by atoms with Gasteiger partial charge in [0.05, 0.1) is 0 Å². The molecule has 1 saturated heterocycles. The number of likely N-dealkylation sites (N-methyl/N-ethyl adjacent to an activating group) is 1. The van der Waals surface area contributed by atoms with Crippen molar-refractivity contribution < 1.29 is 4.79 Å². The van der Waals surface area contributed by atoms with E-state index in [1.165, 1.54) is 5.56 Å². The Balaban J connectivity index is 2.31. The predicted molar refractivity (Wildman–Crippen MR) is 81.6 cm³/mol. The van der Waals surface area contributed by atoms with Crippen molar-refractivity contribution in [3.8, 4) is 0 Å². The second-order valence-electron chi connectivity index (χ2n) is 4.84. The topological polar surface area (TPSA) is 44.4 Å². The molecule has 2 rings (SSSR count). The van der Waals surface area contributed by atoms with Gasteiger partial charge in [0.15, 0.2) is 0 Å². The summed E-state index contributed by atoms with van der Waals surface area (Å²) < 4.78 is 1.08. The first-order valence-electron chi connectivity index (χ1n) is 6.58. The Morgan fingerprint density at radius 1 is 1.53 bits per heavy atom. The van der Waals surface area contributed by atoms with Crippen LogP contribution in [0.15, 0.2) is 22.7 Å². The molecular weight excluding hydrogens is 306 g/mol. The highest BCUT2D eigenvalue weighted by molar-refractivity contribution is 9.10. The molecule has 2 N–H and O–H groups in total. The monoisotopic (exact) mass is 325 g/mol. The SMILES string of the molecule is CNCC1C(=O)NCCCN1c1ccc(C)c(Br)c1. The molecule has 4 nitrogen and oxygen atoms in total. The first-order valence-corrected chi connectivity index (χ1v) is 7.38.